The molecule has 9 atom stereocenters. The summed E-state index contributed by atoms with van der Waals surface area (Å²) in [4.78, 5) is 12.2. The fourth-order valence-electron chi connectivity index (χ4n) is 9.40. The summed E-state index contributed by atoms with van der Waals surface area (Å²) in [5, 5.41) is 23.0. The van der Waals surface area contributed by atoms with E-state index in [0.29, 0.717) is 36.0 Å². The van der Waals surface area contributed by atoms with Crippen molar-refractivity contribution in [1.82, 2.24) is 0 Å². The molecule has 1 saturated heterocycles. The van der Waals surface area contributed by atoms with Gasteiger partial charge in [0.2, 0.25) is 0 Å². The van der Waals surface area contributed by atoms with Crippen LogP contribution in [0.5, 0.6) is 0 Å². The van der Waals surface area contributed by atoms with E-state index in [2.05, 4.69) is 18.2 Å². The summed E-state index contributed by atoms with van der Waals surface area (Å²) < 4.78 is 6.25. The number of oxime groups is 1. The molecule has 0 amide bonds. The van der Waals surface area contributed by atoms with Crippen LogP contribution in [0.3, 0.4) is 0 Å². The summed E-state index contributed by atoms with van der Waals surface area (Å²) in [6.45, 7) is 2.51. The minimum absolute atomic E-state index is 0.0245. The van der Waals surface area contributed by atoms with Crippen LogP contribution in [-0.4, -0.2) is 34.2 Å². The van der Waals surface area contributed by atoms with Crippen molar-refractivity contribution in [2.24, 2.45) is 52.0 Å². The highest BCUT2D eigenvalue weighted by Gasteiger charge is 2.79. The number of hydrogen-bond donors (Lipinski definition) is 2. The van der Waals surface area contributed by atoms with Crippen LogP contribution in [0.4, 0.5) is 0 Å². The summed E-state index contributed by atoms with van der Waals surface area (Å²) in [6.07, 6.45) is 11.3. The molecule has 5 heteroatoms. The summed E-state index contributed by atoms with van der Waals surface area (Å²) in [7, 11) is 0. The van der Waals surface area contributed by atoms with Crippen LogP contribution in [0.1, 0.15) is 64.7 Å². The van der Waals surface area contributed by atoms with Crippen molar-refractivity contribution in [3.05, 3.63) is 11.6 Å². The van der Waals surface area contributed by atoms with Gasteiger partial charge in [0, 0.05) is 30.3 Å². The maximum absolute atomic E-state index is 12.2. The summed E-state index contributed by atoms with van der Waals surface area (Å²) >= 11 is 0. The minimum atomic E-state index is -0.187. The molecule has 158 valence electrons. The third kappa shape index (κ3) is 2.15. The second kappa shape index (κ2) is 6.09. The smallest absolute Gasteiger partial charge is 0.306 e. The highest BCUT2D eigenvalue weighted by Crippen LogP contribution is 2.79. The number of ether oxygens (including phenoxy) is 1. The van der Waals surface area contributed by atoms with Crippen molar-refractivity contribution in [1.29, 1.82) is 0 Å². The topological polar surface area (TPSA) is 79.1 Å². The number of carbonyl (C=O) groups excluding carboxylic acids is 1. The molecule has 1 heterocycles. The summed E-state index contributed by atoms with van der Waals surface area (Å²) in [5.41, 5.74) is 2.07. The largest absolute Gasteiger partial charge is 0.458 e. The quantitative estimate of drug-likeness (QED) is 0.419. The fourth-order valence-corrected chi connectivity index (χ4v) is 9.40. The van der Waals surface area contributed by atoms with E-state index in [-0.39, 0.29) is 29.5 Å². The van der Waals surface area contributed by atoms with Gasteiger partial charge < -0.3 is 15.1 Å². The molecule has 0 radical (unpaired) electrons. The van der Waals surface area contributed by atoms with Crippen LogP contribution >= 0.6 is 0 Å². The molecule has 0 bridgehead atoms. The van der Waals surface area contributed by atoms with Gasteiger partial charge in [0.1, 0.15) is 5.60 Å². The molecule has 5 aliphatic carbocycles. The highest BCUT2D eigenvalue weighted by molar-refractivity contribution is 5.96. The molecule has 1 spiro atoms. The van der Waals surface area contributed by atoms with Crippen LogP contribution in [-0.2, 0) is 9.53 Å². The Labute approximate surface area is 172 Å². The van der Waals surface area contributed by atoms with Crippen LogP contribution in [0.15, 0.2) is 16.8 Å². The number of nitrogens with zero attached hydrogens (tertiary/aromatic N) is 1. The Hall–Kier alpha value is -1.36. The predicted octanol–water partition coefficient (Wildman–Crippen LogP) is 3.93. The Kier molecular flexibility index (Phi) is 3.86. The molecule has 5 nitrogen and oxygen atoms in total. The maximum atomic E-state index is 12.2. The van der Waals surface area contributed by atoms with Gasteiger partial charge in [-0.05, 0) is 87.0 Å². The Bertz CT molecular complexity index is 805. The average molecular weight is 400 g/mol. The molecule has 5 fully saturated rings. The van der Waals surface area contributed by atoms with E-state index in [1.165, 1.54) is 24.8 Å². The second-order valence-electron chi connectivity index (χ2n) is 10.8. The van der Waals surface area contributed by atoms with Gasteiger partial charge in [0.25, 0.3) is 0 Å². The number of rotatable bonds is 2. The zero-order chi connectivity index (χ0) is 20.0. The lowest BCUT2D eigenvalue weighted by molar-refractivity contribution is -0.180. The van der Waals surface area contributed by atoms with Gasteiger partial charge >= 0.3 is 5.97 Å². The SMILES string of the molecule is CC[C@]12CCC3C(C[C@@H](CO)C4=C/C(=N/O)CC[C@@H]43)C1[C@H]1C[C@H]1[C@@]21CCC(=O)O1. The monoisotopic (exact) mass is 399 g/mol. The lowest BCUT2D eigenvalue weighted by Crippen LogP contribution is -2.57. The number of hydrogen-bond acceptors (Lipinski definition) is 5. The van der Waals surface area contributed by atoms with Gasteiger partial charge in [0.05, 0.1) is 5.71 Å². The molecular weight excluding hydrogens is 366 g/mol. The molecule has 3 unspecified atom stereocenters. The van der Waals surface area contributed by atoms with E-state index < -0.39 is 0 Å². The van der Waals surface area contributed by atoms with Crippen molar-refractivity contribution < 1.29 is 19.8 Å². The first-order valence-electron chi connectivity index (χ1n) is 11.8. The number of carbonyl (C=O) groups is 1. The first-order chi connectivity index (χ1) is 14.1. The first kappa shape index (κ1) is 18.4. The van der Waals surface area contributed by atoms with E-state index in [1.807, 2.05) is 0 Å². The Morgan fingerprint density at radius 2 is 2.03 bits per heavy atom. The molecule has 29 heavy (non-hydrogen) atoms. The number of esters is 1. The molecular formula is C24H33NO4. The van der Waals surface area contributed by atoms with Gasteiger partial charge in [0.15, 0.2) is 0 Å². The Morgan fingerprint density at radius 1 is 1.17 bits per heavy atom. The van der Waals surface area contributed by atoms with Gasteiger partial charge in [-0.15, -0.1) is 0 Å². The molecule has 0 aromatic heterocycles. The normalized spacial score (nSPS) is 53.7. The van der Waals surface area contributed by atoms with Gasteiger partial charge in [-0.3, -0.25) is 4.79 Å². The third-order valence-electron chi connectivity index (χ3n) is 10.3. The molecule has 6 rings (SSSR count). The maximum Gasteiger partial charge on any atom is 0.306 e. The first-order valence-corrected chi connectivity index (χ1v) is 11.8. The van der Waals surface area contributed by atoms with Crippen molar-refractivity contribution in [3.8, 4) is 0 Å². The molecule has 6 aliphatic rings. The zero-order valence-corrected chi connectivity index (χ0v) is 17.3. The van der Waals surface area contributed by atoms with Crippen molar-refractivity contribution in [2.75, 3.05) is 6.61 Å². The average Bonchev–Trinajstić information content (AvgIpc) is 3.39. The van der Waals surface area contributed by atoms with E-state index in [4.69, 9.17) is 4.74 Å². The number of aliphatic hydroxyl groups is 1. The van der Waals surface area contributed by atoms with E-state index >= 15 is 0 Å². The van der Waals surface area contributed by atoms with Gasteiger partial charge in [-0.25, -0.2) is 0 Å². The number of aliphatic hydroxyl groups excluding tert-OH is 1. The van der Waals surface area contributed by atoms with Crippen molar-refractivity contribution in [3.63, 3.8) is 0 Å². The molecule has 2 N–H and O–H groups in total. The lowest BCUT2D eigenvalue weighted by atomic mass is 9.46. The number of allylic oxidation sites excluding steroid dienone is 1. The fraction of sp³-hybridized carbons (Fsp3) is 0.833. The molecule has 0 aromatic rings. The van der Waals surface area contributed by atoms with E-state index in [9.17, 15) is 15.1 Å². The number of fused-ring (bicyclic) bond motifs is 9. The van der Waals surface area contributed by atoms with Crippen LogP contribution < -0.4 is 0 Å². The predicted molar refractivity (Wildman–Crippen MR) is 107 cm³/mol. The van der Waals surface area contributed by atoms with Gasteiger partial charge in [-0.2, -0.15) is 0 Å². The minimum Gasteiger partial charge on any atom is -0.458 e. The molecule has 1 aliphatic heterocycles. The highest BCUT2D eigenvalue weighted by atomic mass is 16.6. The molecule has 0 aromatic carbocycles. The van der Waals surface area contributed by atoms with Crippen molar-refractivity contribution >= 4 is 11.7 Å². The summed E-state index contributed by atoms with van der Waals surface area (Å²) in [5.74, 6) is 3.98. The standard InChI is InChI=1S/C24H33NO4/c1-2-23-7-5-16-15-4-3-14(25-28)10-17(15)13(12-26)9-18(16)22(23)19-11-20(19)24(23)8-6-21(27)29-24/h10,13,15-16,18-20,22,26,28H,2-9,11-12H2,1H3/b25-14+/t13-,15+,16?,18?,19-,20+,22?,23-,24-/m0/s1. The van der Waals surface area contributed by atoms with Crippen LogP contribution in [0, 0.1) is 46.8 Å². The zero-order valence-electron chi connectivity index (χ0n) is 17.3. The van der Waals surface area contributed by atoms with Crippen LogP contribution in [0.25, 0.3) is 0 Å². The third-order valence-corrected chi connectivity index (χ3v) is 10.3. The van der Waals surface area contributed by atoms with E-state index in [0.717, 1.165) is 43.7 Å². The summed E-state index contributed by atoms with van der Waals surface area (Å²) in [6, 6.07) is 0. The molecule has 4 saturated carbocycles. The Morgan fingerprint density at radius 3 is 2.72 bits per heavy atom. The van der Waals surface area contributed by atoms with E-state index in [1.54, 1.807) is 0 Å². The van der Waals surface area contributed by atoms with Gasteiger partial charge in [-0.1, -0.05) is 17.7 Å². The van der Waals surface area contributed by atoms with Crippen LogP contribution in [0.2, 0.25) is 0 Å². The Balaban J connectivity index is 1.40. The lowest BCUT2D eigenvalue weighted by Gasteiger charge is -2.59. The second-order valence-corrected chi connectivity index (χ2v) is 10.8. The van der Waals surface area contributed by atoms with Crippen molar-refractivity contribution in [2.45, 2.75) is 70.3 Å².